The van der Waals surface area contributed by atoms with Gasteiger partial charge in [0.1, 0.15) is 0 Å². The Morgan fingerprint density at radius 3 is 3.00 bits per heavy atom. The first-order valence-electron chi connectivity index (χ1n) is 4.81. The van der Waals surface area contributed by atoms with Gasteiger partial charge >= 0.3 is 5.97 Å². The Morgan fingerprint density at radius 1 is 1.64 bits per heavy atom. The van der Waals surface area contributed by atoms with Crippen LogP contribution in [-0.4, -0.2) is 43.3 Å². The lowest BCUT2D eigenvalue weighted by Crippen LogP contribution is -2.24. The minimum atomic E-state index is -0.985. The number of carboxylic acid groups (broad SMARTS) is 1. The van der Waals surface area contributed by atoms with Crippen molar-refractivity contribution in [1.29, 1.82) is 0 Å². The number of carboxylic acids is 1. The zero-order valence-corrected chi connectivity index (χ0v) is 8.27. The zero-order valence-electron chi connectivity index (χ0n) is 8.27. The summed E-state index contributed by atoms with van der Waals surface area (Å²) in [5, 5.41) is 8.59. The van der Waals surface area contributed by atoms with E-state index in [1.165, 1.54) is 0 Å². The summed E-state index contributed by atoms with van der Waals surface area (Å²) in [5.74, 6) is -0.985. The molecule has 1 aliphatic rings. The molecule has 5 heteroatoms. The van der Waals surface area contributed by atoms with E-state index in [2.05, 4.69) is 6.92 Å². The molecular formula is C9H16O5. The van der Waals surface area contributed by atoms with Crippen LogP contribution in [-0.2, 0) is 19.0 Å². The van der Waals surface area contributed by atoms with Gasteiger partial charge in [0.15, 0.2) is 12.4 Å². The first-order chi connectivity index (χ1) is 6.74. The summed E-state index contributed by atoms with van der Waals surface area (Å²) in [7, 11) is 0. The highest BCUT2D eigenvalue weighted by Crippen LogP contribution is 2.11. The lowest BCUT2D eigenvalue weighted by molar-refractivity contribution is -0.154. The molecule has 1 saturated heterocycles. The van der Waals surface area contributed by atoms with Gasteiger partial charge in [-0.3, -0.25) is 0 Å². The summed E-state index contributed by atoms with van der Waals surface area (Å²) >= 11 is 0. The zero-order chi connectivity index (χ0) is 10.4. The Bertz CT molecular complexity index is 182. The van der Waals surface area contributed by atoms with E-state index in [1.807, 2.05) is 0 Å². The van der Waals surface area contributed by atoms with Crippen LogP contribution in [0.3, 0.4) is 0 Å². The summed E-state index contributed by atoms with van der Waals surface area (Å²) in [6.07, 6.45) is 0.710. The Balaban J connectivity index is 2.07. The number of hydrogen-bond donors (Lipinski definition) is 1. The molecule has 14 heavy (non-hydrogen) atoms. The third-order valence-electron chi connectivity index (χ3n) is 1.92. The van der Waals surface area contributed by atoms with Crippen molar-refractivity contribution >= 4 is 5.97 Å². The summed E-state index contributed by atoms with van der Waals surface area (Å²) in [6.45, 7) is 3.16. The molecule has 0 aliphatic carbocycles. The Kier molecular flexibility index (Phi) is 4.86. The third-order valence-corrected chi connectivity index (χ3v) is 1.92. The lowest BCUT2D eigenvalue weighted by Gasteiger charge is -2.09. The highest BCUT2D eigenvalue weighted by Gasteiger charge is 2.31. The Hall–Kier alpha value is -0.650. The van der Waals surface area contributed by atoms with Crippen LogP contribution in [0.1, 0.15) is 19.8 Å². The number of hydrogen-bond acceptors (Lipinski definition) is 4. The van der Waals surface area contributed by atoms with Gasteiger partial charge in [-0.25, -0.2) is 4.79 Å². The van der Waals surface area contributed by atoms with Crippen molar-refractivity contribution in [3.8, 4) is 0 Å². The van der Waals surface area contributed by atoms with Crippen molar-refractivity contribution in [3.63, 3.8) is 0 Å². The molecule has 82 valence electrons. The summed E-state index contributed by atoms with van der Waals surface area (Å²) in [5.41, 5.74) is 0. The molecule has 5 nitrogen and oxygen atoms in total. The van der Waals surface area contributed by atoms with Crippen LogP contribution in [0.15, 0.2) is 0 Å². The van der Waals surface area contributed by atoms with Crippen LogP contribution in [0.25, 0.3) is 0 Å². The van der Waals surface area contributed by atoms with E-state index in [1.54, 1.807) is 0 Å². The van der Waals surface area contributed by atoms with Gasteiger partial charge in [-0.1, -0.05) is 13.3 Å². The van der Waals surface area contributed by atoms with E-state index in [9.17, 15) is 4.79 Å². The molecule has 1 fully saturated rings. The average Bonchev–Trinajstić information content (AvgIpc) is 2.61. The van der Waals surface area contributed by atoms with Crippen LogP contribution < -0.4 is 0 Å². The van der Waals surface area contributed by atoms with Crippen molar-refractivity contribution in [2.75, 3.05) is 19.8 Å². The predicted octanol–water partition coefficient (Wildman–Crippen LogP) is 0.629. The molecule has 0 amide bonds. The number of unbranched alkanes of at least 4 members (excludes halogenated alkanes) is 1. The van der Waals surface area contributed by atoms with E-state index in [-0.39, 0.29) is 6.61 Å². The van der Waals surface area contributed by atoms with E-state index >= 15 is 0 Å². The van der Waals surface area contributed by atoms with Crippen LogP contribution in [0.4, 0.5) is 0 Å². The molecule has 0 aromatic heterocycles. The smallest absolute Gasteiger partial charge is 0.335 e. The van der Waals surface area contributed by atoms with Crippen molar-refractivity contribution in [2.24, 2.45) is 0 Å². The molecule has 1 heterocycles. The van der Waals surface area contributed by atoms with Gasteiger partial charge < -0.3 is 19.3 Å². The van der Waals surface area contributed by atoms with E-state index in [4.69, 9.17) is 19.3 Å². The minimum Gasteiger partial charge on any atom is -0.479 e. The number of ether oxygens (including phenoxy) is 3. The van der Waals surface area contributed by atoms with Crippen molar-refractivity contribution in [3.05, 3.63) is 0 Å². The highest BCUT2D eigenvalue weighted by molar-refractivity contribution is 5.72. The molecule has 1 rings (SSSR count). The monoisotopic (exact) mass is 204 g/mol. The predicted molar refractivity (Wildman–Crippen MR) is 48.0 cm³/mol. The van der Waals surface area contributed by atoms with Crippen molar-refractivity contribution in [2.45, 2.75) is 32.2 Å². The third kappa shape index (κ3) is 3.61. The maximum absolute atomic E-state index is 10.5. The molecular weight excluding hydrogens is 188 g/mol. The quantitative estimate of drug-likeness (QED) is 0.643. The van der Waals surface area contributed by atoms with Gasteiger partial charge in [0.05, 0.1) is 13.2 Å². The second-order valence-electron chi connectivity index (χ2n) is 3.15. The standard InChI is InChI=1S/C9H16O5/c1-2-3-4-12-6-8-13-5-7(14-8)9(10)11/h7-8H,2-6H2,1H3,(H,10,11). The summed E-state index contributed by atoms with van der Waals surface area (Å²) < 4.78 is 15.4. The highest BCUT2D eigenvalue weighted by atomic mass is 16.7. The Morgan fingerprint density at radius 2 is 2.43 bits per heavy atom. The van der Waals surface area contributed by atoms with E-state index in [0.29, 0.717) is 13.2 Å². The topological polar surface area (TPSA) is 65.0 Å². The first-order valence-corrected chi connectivity index (χ1v) is 4.81. The molecule has 0 aromatic carbocycles. The number of carbonyl (C=O) groups is 1. The molecule has 1 aliphatic heterocycles. The van der Waals surface area contributed by atoms with Gasteiger partial charge in [-0.15, -0.1) is 0 Å². The normalized spacial score (nSPS) is 26.6. The largest absolute Gasteiger partial charge is 0.479 e. The summed E-state index contributed by atoms with van der Waals surface area (Å²) in [4.78, 5) is 10.5. The fraction of sp³-hybridized carbons (Fsp3) is 0.889. The maximum atomic E-state index is 10.5. The second-order valence-corrected chi connectivity index (χ2v) is 3.15. The van der Waals surface area contributed by atoms with Gasteiger partial charge in [-0.2, -0.15) is 0 Å². The maximum Gasteiger partial charge on any atom is 0.335 e. The SMILES string of the molecule is CCCCOCC1OCC(C(=O)O)O1. The van der Waals surface area contributed by atoms with Crippen molar-refractivity contribution in [1.82, 2.24) is 0 Å². The van der Waals surface area contributed by atoms with Crippen LogP contribution in [0.2, 0.25) is 0 Å². The lowest BCUT2D eigenvalue weighted by atomic mass is 10.4. The number of aliphatic carboxylic acids is 1. The molecule has 0 aromatic rings. The second kappa shape index (κ2) is 5.95. The first kappa shape index (κ1) is 11.4. The van der Waals surface area contributed by atoms with Crippen molar-refractivity contribution < 1.29 is 24.1 Å². The fourth-order valence-electron chi connectivity index (χ4n) is 1.10. The molecule has 1 N–H and O–H groups in total. The molecule has 0 radical (unpaired) electrons. The van der Waals surface area contributed by atoms with Gasteiger partial charge in [0, 0.05) is 6.61 Å². The van der Waals surface area contributed by atoms with E-state index in [0.717, 1.165) is 12.8 Å². The molecule has 0 spiro atoms. The molecule has 2 atom stereocenters. The summed E-state index contributed by atoms with van der Waals surface area (Å²) in [6, 6.07) is 0. The molecule has 0 bridgehead atoms. The minimum absolute atomic E-state index is 0.108. The fourth-order valence-corrected chi connectivity index (χ4v) is 1.10. The van der Waals surface area contributed by atoms with Gasteiger partial charge in [0.25, 0.3) is 0 Å². The van der Waals surface area contributed by atoms with Gasteiger partial charge in [0.2, 0.25) is 0 Å². The molecule has 0 saturated carbocycles. The van der Waals surface area contributed by atoms with E-state index < -0.39 is 18.4 Å². The average molecular weight is 204 g/mol. The number of rotatable bonds is 6. The Labute approximate surface area is 82.9 Å². The van der Waals surface area contributed by atoms with Crippen LogP contribution >= 0.6 is 0 Å². The van der Waals surface area contributed by atoms with Gasteiger partial charge in [-0.05, 0) is 6.42 Å². The van der Waals surface area contributed by atoms with Crippen LogP contribution in [0.5, 0.6) is 0 Å². The van der Waals surface area contributed by atoms with Crippen LogP contribution in [0, 0.1) is 0 Å². The molecule has 2 unspecified atom stereocenters.